The Morgan fingerprint density at radius 2 is 1.93 bits per heavy atom. The lowest BCUT2D eigenvalue weighted by molar-refractivity contribution is -0.119. The number of hydrogen-bond acceptors (Lipinski definition) is 6. The van der Waals surface area contributed by atoms with Crippen LogP contribution in [0.25, 0.3) is 0 Å². The number of methoxy groups -OCH3 is 1. The van der Waals surface area contributed by atoms with Gasteiger partial charge in [0.1, 0.15) is 5.75 Å². The average molecular weight is 423 g/mol. The first-order chi connectivity index (χ1) is 13.3. The van der Waals surface area contributed by atoms with Gasteiger partial charge in [0.2, 0.25) is 5.91 Å². The molecule has 0 unspecified atom stereocenters. The quantitative estimate of drug-likeness (QED) is 0.500. The first kappa shape index (κ1) is 21.6. The van der Waals surface area contributed by atoms with Crippen LogP contribution >= 0.6 is 23.4 Å². The highest BCUT2D eigenvalue weighted by molar-refractivity contribution is 8.00. The molecule has 0 atom stereocenters. The van der Waals surface area contributed by atoms with Gasteiger partial charge in [-0.2, -0.15) is 0 Å². The van der Waals surface area contributed by atoms with E-state index in [1.165, 1.54) is 7.11 Å². The number of aryl methyl sites for hydroxylation is 1. The Morgan fingerprint density at radius 3 is 2.61 bits per heavy atom. The molecule has 0 heterocycles. The number of carbonyl (C=O) groups is 3. The first-order valence-corrected chi connectivity index (χ1v) is 9.49. The van der Waals surface area contributed by atoms with Gasteiger partial charge in [-0.25, -0.2) is 4.79 Å². The molecule has 148 valence electrons. The van der Waals surface area contributed by atoms with Crippen LogP contribution in [0, 0.1) is 6.92 Å². The number of nitrogens with two attached hydrogens (primary N) is 1. The maximum Gasteiger partial charge on any atom is 0.339 e. The minimum absolute atomic E-state index is 0.0283. The second-order valence-corrected chi connectivity index (χ2v) is 7.10. The van der Waals surface area contributed by atoms with Gasteiger partial charge in [0.25, 0.3) is 5.91 Å². The highest BCUT2D eigenvalue weighted by Gasteiger charge is 2.16. The van der Waals surface area contributed by atoms with E-state index in [4.69, 9.17) is 26.8 Å². The van der Waals surface area contributed by atoms with E-state index in [0.29, 0.717) is 21.4 Å². The number of rotatable bonds is 8. The van der Waals surface area contributed by atoms with E-state index in [-0.39, 0.29) is 11.3 Å². The van der Waals surface area contributed by atoms with Crippen molar-refractivity contribution in [1.29, 1.82) is 0 Å². The van der Waals surface area contributed by atoms with Crippen molar-refractivity contribution in [2.45, 2.75) is 11.8 Å². The molecule has 2 rings (SSSR count). The maximum atomic E-state index is 12.3. The number of amides is 2. The van der Waals surface area contributed by atoms with Crippen LogP contribution in [0.1, 0.15) is 15.9 Å². The Morgan fingerprint density at radius 1 is 1.21 bits per heavy atom. The molecule has 7 nitrogen and oxygen atoms in total. The number of ether oxygens (including phenoxy) is 2. The molecule has 0 saturated carbocycles. The second-order valence-electron chi connectivity index (χ2n) is 5.68. The molecule has 0 aliphatic carbocycles. The number of benzene rings is 2. The van der Waals surface area contributed by atoms with Crippen LogP contribution in [0.2, 0.25) is 5.02 Å². The van der Waals surface area contributed by atoms with Crippen LogP contribution in [0.3, 0.4) is 0 Å². The Kier molecular flexibility index (Phi) is 7.71. The van der Waals surface area contributed by atoms with Gasteiger partial charge in [0.05, 0.1) is 24.1 Å². The molecule has 2 aromatic rings. The Hall–Kier alpha value is -2.71. The zero-order valence-corrected chi connectivity index (χ0v) is 16.9. The molecule has 28 heavy (non-hydrogen) atoms. The highest BCUT2D eigenvalue weighted by atomic mass is 35.5. The fourth-order valence-electron chi connectivity index (χ4n) is 2.23. The molecule has 0 bridgehead atoms. The van der Waals surface area contributed by atoms with E-state index >= 15 is 0 Å². The van der Waals surface area contributed by atoms with Crippen molar-refractivity contribution in [3.8, 4) is 5.75 Å². The van der Waals surface area contributed by atoms with E-state index in [0.717, 1.165) is 17.3 Å². The largest absolute Gasteiger partial charge is 0.495 e. The van der Waals surface area contributed by atoms with Crippen molar-refractivity contribution < 1.29 is 23.9 Å². The molecule has 2 aromatic carbocycles. The maximum absolute atomic E-state index is 12.3. The molecule has 0 aliphatic rings. The molecule has 0 fully saturated rings. The molecule has 0 aliphatic heterocycles. The molecule has 9 heteroatoms. The van der Waals surface area contributed by atoms with Gasteiger partial charge in [-0.1, -0.05) is 23.7 Å². The summed E-state index contributed by atoms with van der Waals surface area (Å²) in [6, 6.07) is 9.86. The van der Waals surface area contributed by atoms with E-state index < -0.39 is 24.4 Å². The van der Waals surface area contributed by atoms with Crippen LogP contribution in [-0.2, 0) is 14.3 Å². The normalized spacial score (nSPS) is 10.2. The molecular weight excluding hydrogens is 404 g/mol. The minimum atomic E-state index is -0.679. The van der Waals surface area contributed by atoms with E-state index in [9.17, 15) is 14.4 Å². The number of hydrogen-bond donors (Lipinski definition) is 2. The lowest BCUT2D eigenvalue weighted by atomic mass is 10.2. The van der Waals surface area contributed by atoms with E-state index in [2.05, 4.69) is 5.32 Å². The number of primary amides is 1. The number of nitrogens with one attached hydrogen (secondary N) is 1. The minimum Gasteiger partial charge on any atom is -0.495 e. The standard InChI is InChI=1S/C19H19ClN2O5S/c1-11-7-14(15(26-2)8-13(11)20)22-18(24)9-27-19(25)12-5-3-4-6-16(12)28-10-17(21)23/h3-8H,9-10H2,1-2H3,(H2,21,23)(H,22,24). The third-order valence-corrected chi connectivity index (χ3v) is 5.07. The Balaban J connectivity index is 2.01. The number of halogens is 1. The van der Waals surface area contributed by atoms with Gasteiger partial charge < -0.3 is 20.5 Å². The fraction of sp³-hybridized carbons (Fsp3) is 0.211. The van der Waals surface area contributed by atoms with Gasteiger partial charge in [-0.3, -0.25) is 9.59 Å². The van der Waals surface area contributed by atoms with Crippen LogP contribution in [-0.4, -0.2) is 37.3 Å². The van der Waals surface area contributed by atoms with E-state index in [1.807, 2.05) is 0 Å². The lowest BCUT2D eigenvalue weighted by Gasteiger charge is -2.13. The van der Waals surface area contributed by atoms with Gasteiger partial charge in [0.15, 0.2) is 6.61 Å². The fourth-order valence-corrected chi connectivity index (χ4v) is 3.17. The molecular formula is C19H19ClN2O5S. The average Bonchev–Trinajstić information content (AvgIpc) is 2.67. The predicted octanol–water partition coefficient (Wildman–Crippen LogP) is 3.03. The van der Waals surface area contributed by atoms with Crippen molar-refractivity contribution in [3.63, 3.8) is 0 Å². The summed E-state index contributed by atoms with van der Waals surface area (Å²) in [4.78, 5) is 36.0. The van der Waals surface area contributed by atoms with Gasteiger partial charge in [0, 0.05) is 16.0 Å². The van der Waals surface area contributed by atoms with Crippen LogP contribution in [0.15, 0.2) is 41.3 Å². The molecule has 0 saturated heterocycles. The van der Waals surface area contributed by atoms with Crippen LogP contribution < -0.4 is 15.8 Å². The number of anilines is 1. The Bertz CT molecular complexity index is 904. The summed E-state index contributed by atoms with van der Waals surface area (Å²) in [7, 11) is 1.46. The SMILES string of the molecule is COc1cc(Cl)c(C)cc1NC(=O)COC(=O)c1ccccc1SCC(N)=O. The van der Waals surface area contributed by atoms with Crippen molar-refractivity contribution in [2.24, 2.45) is 5.73 Å². The van der Waals surface area contributed by atoms with Crippen molar-refractivity contribution in [1.82, 2.24) is 0 Å². The predicted molar refractivity (Wildman–Crippen MR) is 108 cm³/mol. The summed E-state index contributed by atoms with van der Waals surface area (Å²) in [5.74, 6) is -1.29. The van der Waals surface area contributed by atoms with Gasteiger partial charge in [-0.05, 0) is 30.7 Å². The summed E-state index contributed by atoms with van der Waals surface area (Å²) in [5, 5.41) is 3.13. The highest BCUT2D eigenvalue weighted by Crippen LogP contribution is 2.31. The molecule has 3 N–H and O–H groups in total. The molecule has 0 radical (unpaired) electrons. The first-order valence-electron chi connectivity index (χ1n) is 8.13. The number of esters is 1. The third-order valence-electron chi connectivity index (χ3n) is 3.57. The summed E-state index contributed by atoms with van der Waals surface area (Å²) in [6.45, 7) is 1.30. The zero-order chi connectivity index (χ0) is 20.7. The molecule has 0 spiro atoms. The molecule has 0 aromatic heterocycles. The third kappa shape index (κ3) is 5.90. The lowest BCUT2D eigenvalue weighted by Crippen LogP contribution is -2.21. The summed E-state index contributed by atoms with van der Waals surface area (Å²) in [6.07, 6.45) is 0. The number of thioether (sulfide) groups is 1. The van der Waals surface area contributed by atoms with Crippen LogP contribution in [0.5, 0.6) is 5.75 Å². The van der Waals surface area contributed by atoms with Crippen LogP contribution in [0.4, 0.5) is 5.69 Å². The monoisotopic (exact) mass is 422 g/mol. The topological polar surface area (TPSA) is 108 Å². The van der Waals surface area contributed by atoms with E-state index in [1.54, 1.807) is 43.3 Å². The number of carbonyl (C=O) groups excluding carboxylic acids is 3. The summed E-state index contributed by atoms with van der Waals surface area (Å²) >= 11 is 7.16. The van der Waals surface area contributed by atoms with Gasteiger partial charge in [-0.15, -0.1) is 11.8 Å². The van der Waals surface area contributed by atoms with Crippen molar-refractivity contribution >= 4 is 46.8 Å². The smallest absolute Gasteiger partial charge is 0.339 e. The Labute approximate surface area is 171 Å². The summed E-state index contributed by atoms with van der Waals surface area (Å²) < 4.78 is 10.3. The second kappa shape index (κ2) is 10.0. The van der Waals surface area contributed by atoms with Crippen molar-refractivity contribution in [3.05, 3.63) is 52.5 Å². The summed E-state index contributed by atoms with van der Waals surface area (Å²) in [5.41, 5.74) is 6.56. The van der Waals surface area contributed by atoms with Crippen molar-refractivity contribution in [2.75, 3.05) is 24.8 Å². The molecule has 2 amide bonds. The zero-order valence-electron chi connectivity index (χ0n) is 15.3. The van der Waals surface area contributed by atoms with Gasteiger partial charge >= 0.3 is 5.97 Å².